The van der Waals surface area contributed by atoms with Crippen LogP contribution in [-0.2, 0) is 0 Å². The minimum atomic E-state index is 0.237. The lowest BCUT2D eigenvalue weighted by Gasteiger charge is -2.32. The van der Waals surface area contributed by atoms with Gasteiger partial charge in [-0.3, -0.25) is 4.79 Å². The van der Waals surface area contributed by atoms with Gasteiger partial charge in [0.1, 0.15) is 0 Å². The molecule has 1 aromatic carbocycles. The average molecular weight is 231 g/mol. The average Bonchev–Trinajstić information content (AvgIpc) is 2.32. The summed E-state index contributed by atoms with van der Waals surface area (Å²) in [6.45, 7) is 3.00. The third-order valence-corrected chi connectivity index (χ3v) is 3.69. The fraction of sp³-hybridized carbons (Fsp3) is 0.533. The van der Waals surface area contributed by atoms with Crippen LogP contribution in [0.25, 0.3) is 0 Å². The monoisotopic (exact) mass is 231 g/mol. The van der Waals surface area contributed by atoms with Crippen LogP contribution >= 0.6 is 0 Å². The third-order valence-electron chi connectivity index (χ3n) is 3.69. The van der Waals surface area contributed by atoms with Crippen molar-refractivity contribution in [1.29, 1.82) is 0 Å². The molecule has 92 valence electrons. The van der Waals surface area contributed by atoms with Crippen molar-refractivity contribution in [2.75, 3.05) is 18.5 Å². The zero-order valence-corrected chi connectivity index (χ0v) is 10.8. The van der Waals surface area contributed by atoms with Gasteiger partial charge < -0.3 is 4.90 Å². The normalized spacial score (nSPS) is 15.4. The molecule has 0 heterocycles. The predicted molar refractivity (Wildman–Crippen MR) is 71.7 cm³/mol. The molecular formula is C15H21NO. The molecule has 1 fully saturated rings. The van der Waals surface area contributed by atoms with Gasteiger partial charge in [0.2, 0.25) is 0 Å². The van der Waals surface area contributed by atoms with E-state index in [4.69, 9.17) is 0 Å². The quantitative estimate of drug-likeness (QED) is 0.723. The molecule has 2 nitrogen and oxygen atoms in total. The first-order valence-corrected chi connectivity index (χ1v) is 6.55. The van der Waals surface area contributed by atoms with E-state index in [9.17, 15) is 4.79 Å². The summed E-state index contributed by atoms with van der Waals surface area (Å²) >= 11 is 0. The zero-order valence-electron chi connectivity index (χ0n) is 10.8. The van der Waals surface area contributed by atoms with Crippen LogP contribution in [0.4, 0.5) is 5.69 Å². The van der Waals surface area contributed by atoms with E-state index in [1.165, 1.54) is 19.3 Å². The van der Waals surface area contributed by atoms with Crippen LogP contribution in [0.2, 0.25) is 0 Å². The smallest absolute Gasteiger partial charge is 0.164 e. The molecule has 0 amide bonds. The molecule has 1 aliphatic carbocycles. The Morgan fingerprint density at radius 1 is 1.35 bits per heavy atom. The molecule has 0 aromatic heterocycles. The Bertz CT molecular complexity index is 396. The van der Waals surface area contributed by atoms with Gasteiger partial charge in [0, 0.05) is 31.3 Å². The predicted octanol–water partition coefficient (Wildman–Crippen LogP) is 3.52. The summed E-state index contributed by atoms with van der Waals surface area (Å²) < 4.78 is 0. The number of benzene rings is 1. The van der Waals surface area contributed by atoms with Crippen molar-refractivity contribution in [2.45, 2.75) is 32.6 Å². The van der Waals surface area contributed by atoms with Gasteiger partial charge in [-0.2, -0.15) is 0 Å². The molecule has 2 heteroatoms. The second-order valence-electron chi connectivity index (χ2n) is 4.97. The lowest BCUT2D eigenvalue weighted by molar-refractivity contribution is 0.0988. The maximum absolute atomic E-state index is 11.9. The molecule has 17 heavy (non-hydrogen) atoms. The number of anilines is 1. The van der Waals surface area contributed by atoms with Crippen molar-refractivity contribution in [3.8, 4) is 0 Å². The minimum Gasteiger partial charge on any atom is -0.374 e. The molecule has 1 aromatic rings. The first-order valence-electron chi connectivity index (χ1n) is 6.55. The van der Waals surface area contributed by atoms with Crippen LogP contribution < -0.4 is 4.90 Å². The van der Waals surface area contributed by atoms with Gasteiger partial charge in [0.15, 0.2) is 5.78 Å². The van der Waals surface area contributed by atoms with Gasteiger partial charge >= 0.3 is 0 Å². The molecule has 0 aliphatic heterocycles. The molecule has 0 N–H and O–H groups in total. The van der Waals surface area contributed by atoms with E-state index >= 15 is 0 Å². The summed E-state index contributed by atoms with van der Waals surface area (Å²) in [7, 11) is 2.10. The summed E-state index contributed by atoms with van der Waals surface area (Å²) in [6, 6.07) is 7.96. The largest absolute Gasteiger partial charge is 0.374 e. The Hall–Kier alpha value is -1.31. The van der Waals surface area contributed by atoms with Crippen molar-refractivity contribution in [2.24, 2.45) is 5.92 Å². The van der Waals surface area contributed by atoms with Gasteiger partial charge in [-0.1, -0.05) is 25.5 Å². The number of ketones is 1. The first kappa shape index (κ1) is 12.2. The van der Waals surface area contributed by atoms with Gasteiger partial charge in [0.05, 0.1) is 0 Å². The molecule has 0 unspecified atom stereocenters. The van der Waals surface area contributed by atoms with Crippen LogP contribution in [-0.4, -0.2) is 19.4 Å². The van der Waals surface area contributed by atoms with Crippen molar-refractivity contribution in [1.82, 2.24) is 0 Å². The Balaban J connectivity index is 2.15. The number of carbonyl (C=O) groups is 1. The number of carbonyl (C=O) groups excluding carboxylic acids is 1. The molecule has 1 aliphatic rings. The zero-order chi connectivity index (χ0) is 12.3. The van der Waals surface area contributed by atoms with Gasteiger partial charge in [0.25, 0.3) is 0 Å². The van der Waals surface area contributed by atoms with Crippen molar-refractivity contribution >= 4 is 11.5 Å². The lowest BCUT2D eigenvalue weighted by Crippen LogP contribution is -2.30. The highest BCUT2D eigenvalue weighted by Crippen LogP contribution is 2.29. The Labute approximate surface area is 104 Å². The molecule has 0 atom stereocenters. The summed E-state index contributed by atoms with van der Waals surface area (Å²) in [6.07, 6.45) is 4.63. The summed E-state index contributed by atoms with van der Waals surface area (Å²) in [5.74, 6) is 1.06. The van der Waals surface area contributed by atoms with E-state index in [1.807, 2.05) is 25.1 Å². The van der Waals surface area contributed by atoms with E-state index in [-0.39, 0.29) is 5.78 Å². The number of rotatable bonds is 5. The summed E-state index contributed by atoms with van der Waals surface area (Å²) in [4.78, 5) is 14.1. The van der Waals surface area contributed by atoms with Crippen LogP contribution in [0.1, 0.15) is 43.0 Å². The van der Waals surface area contributed by atoms with Crippen LogP contribution in [0.5, 0.6) is 0 Å². The number of Topliss-reactive ketones (excluding diaryl/α,β-unsaturated/α-hetero) is 1. The number of nitrogens with zero attached hydrogens (tertiary/aromatic N) is 1. The van der Waals surface area contributed by atoms with E-state index in [1.54, 1.807) is 0 Å². The topological polar surface area (TPSA) is 20.3 Å². The Morgan fingerprint density at radius 2 is 2.06 bits per heavy atom. The van der Waals surface area contributed by atoms with E-state index in [0.717, 1.165) is 23.7 Å². The summed E-state index contributed by atoms with van der Waals surface area (Å²) in [5.41, 5.74) is 1.96. The molecular weight excluding hydrogens is 210 g/mol. The second kappa shape index (κ2) is 5.35. The fourth-order valence-corrected chi connectivity index (χ4v) is 2.39. The third kappa shape index (κ3) is 2.68. The van der Waals surface area contributed by atoms with Crippen molar-refractivity contribution in [3.05, 3.63) is 29.8 Å². The number of para-hydroxylation sites is 1. The molecule has 2 rings (SSSR count). The first-order chi connectivity index (χ1) is 8.22. The molecule has 0 bridgehead atoms. The van der Waals surface area contributed by atoms with E-state index < -0.39 is 0 Å². The SMILES string of the molecule is CCC(=O)c1ccccc1N(C)CC1CCC1. The van der Waals surface area contributed by atoms with E-state index in [0.29, 0.717) is 6.42 Å². The van der Waals surface area contributed by atoms with Crippen molar-refractivity contribution in [3.63, 3.8) is 0 Å². The Morgan fingerprint density at radius 3 is 2.65 bits per heavy atom. The van der Waals surface area contributed by atoms with Gasteiger partial charge in [-0.25, -0.2) is 0 Å². The lowest BCUT2D eigenvalue weighted by atomic mass is 9.85. The maximum atomic E-state index is 11.9. The number of hydrogen-bond donors (Lipinski definition) is 0. The standard InChI is InChI=1S/C15H21NO/c1-3-15(17)13-9-4-5-10-14(13)16(2)11-12-7-6-8-12/h4-5,9-10,12H,3,6-8,11H2,1-2H3. The Kier molecular flexibility index (Phi) is 3.82. The van der Waals surface area contributed by atoms with Crippen LogP contribution in [0.3, 0.4) is 0 Å². The van der Waals surface area contributed by atoms with E-state index in [2.05, 4.69) is 18.0 Å². The fourth-order valence-electron chi connectivity index (χ4n) is 2.39. The van der Waals surface area contributed by atoms with Crippen LogP contribution in [0, 0.1) is 5.92 Å². The molecule has 0 saturated heterocycles. The second-order valence-corrected chi connectivity index (χ2v) is 4.97. The van der Waals surface area contributed by atoms with Crippen LogP contribution in [0.15, 0.2) is 24.3 Å². The molecule has 0 radical (unpaired) electrons. The van der Waals surface area contributed by atoms with Gasteiger partial charge in [-0.15, -0.1) is 0 Å². The number of hydrogen-bond acceptors (Lipinski definition) is 2. The van der Waals surface area contributed by atoms with Gasteiger partial charge in [-0.05, 0) is 30.9 Å². The maximum Gasteiger partial charge on any atom is 0.164 e. The minimum absolute atomic E-state index is 0.237. The molecule has 1 saturated carbocycles. The highest BCUT2D eigenvalue weighted by molar-refractivity contribution is 6.01. The summed E-state index contributed by atoms with van der Waals surface area (Å²) in [5, 5.41) is 0. The highest BCUT2D eigenvalue weighted by Gasteiger charge is 2.21. The highest BCUT2D eigenvalue weighted by atomic mass is 16.1. The van der Waals surface area contributed by atoms with Crippen molar-refractivity contribution < 1.29 is 4.79 Å². The molecule has 0 spiro atoms.